The third-order valence-corrected chi connectivity index (χ3v) is 3.71. The minimum Gasteiger partial charge on any atom is -0.396 e. The van der Waals surface area contributed by atoms with Gasteiger partial charge in [0.2, 0.25) is 0 Å². The first-order valence-electron chi connectivity index (χ1n) is 6.11. The van der Waals surface area contributed by atoms with Crippen LogP contribution >= 0.6 is 15.9 Å². The number of nitrogens with two attached hydrogens (primary N) is 1. The summed E-state index contributed by atoms with van der Waals surface area (Å²) in [4.78, 5) is 4.19. The molecule has 0 aliphatic carbocycles. The Morgan fingerprint density at radius 3 is 2.67 bits per heavy atom. The second-order valence-electron chi connectivity index (χ2n) is 4.47. The van der Waals surface area contributed by atoms with E-state index in [1.807, 2.05) is 6.07 Å². The first kappa shape index (κ1) is 13.8. The largest absolute Gasteiger partial charge is 0.396 e. The molecule has 6 heteroatoms. The van der Waals surface area contributed by atoms with Gasteiger partial charge in [-0.1, -0.05) is 0 Å². The predicted molar refractivity (Wildman–Crippen MR) is 83.5 cm³/mol. The molecule has 106 valence electrons. The lowest BCUT2D eigenvalue weighted by Gasteiger charge is -2.12. The summed E-state index contributed by atoms with van der Waals surface area (Å²) in [7, 11) is 0. The monoisotopic (exact) mass is 349 g/mol. The van der Waals surface area contributed by atoms with E-state index in [0.717, 1.165) is 17.0 Å². The zero-order valence-corrected chi connectivity index (χ0v) is 12.3. The molecule has 1 heterocycles. The van der Waals surface area contributed by atoms with Crippen LogP contribution in [0.15, 0.2) is 47.1 Å². The fourth-order valence-corrected chi connectivity index (χ4v) is 2.39. The van der Waals surface area contributed by atoms with Crippen LogP contribution in [0.4, 0.5) is 25.8 Å². The quantitative estimate of drug-likeness (QED) is 0.525. The highest BCUT2D eigenvalue weighted by atomic mass is 79.9. The summed E-state index contributed by atoms with van der Waals surface area (Å²) >= 11 is 3.03. The molecular weight excluding hydrogens is 340 g/mol. The number of rotatable bonds is 2. The molecule has 0 radical (unpaired) electrons. The summed E-state index contributed by atoms with van der Waals surface area (Å²) in [6.07, 6.45) is 1.67. The Morgan fingerprint density at radius 2 is 1.86 bits per heavy atom. The zero-order valence-electron chi connectivity index (χ0n) is 10.7. The molecule has 1 aromatic heterocycles. The van der Waals surface area contributed by atoms with Crippen LogP contribution in [0.1, 0.15) is 0 Å². The van der Waals surface area contributed by atoms with Gasteiger partial charge in [0, 0.05) is 17.6 Å². The molecular formula is C15H10BrF2N3. The van der Waals surface area contributed by atoms with Crippen molar-refractivity contribution in [3.63, 3.8) is 0 Å². The molecule has 0 saturated carbocycles. The average molecular weight is 350 g/mol. The van der Waals surface area contributed by atoms with Crippen molar-refractivity contribution in [3.8, 4) is 0 Å². The Morgan fingerprint density at radius 1 is 1.05 bits per heavy atom. The van der Waals surface area contributed by atoms with Crippen molar-refractivity contribution >= 4 is 43.9 Å². The van der Waals surface area contributed by atoms with Gasteiger partial charge in [-0.05, 0) is 46.3 Å². The van der Waals surface area contributed by atoms with Crippen LogP contribution < -0.4 is 11.1 Å². The lowest BCUT2D eigenvalue weighted by atomic mass is 10.1. The molecule has 0 aliphatic rings. The lowest BCUT2D eigenvalue weighted by Crippen LogP contribution is -2.00. The van der Waals surface area contributed by atoms with Crippen LogP contribution in [-0.2, 0) is 0 Å². The number of nitrogens with one attached hydrogen (secondary N) is 1. The van der Waals surface area contributed by atoms with Gasteiger partial charge in [-0.2, -0.15) is 0 Å². The van der Waals surface area contributed by atoms with E-state index < -0.39 is 11.6 Å². The van der Waals surface area contributed by atoms with Crippen molar-refractivity contribution in [1.29, 1.82) is 0 Å². The highest BCUT2D eigenvalue weighted by Crippen LogP contribution is 2.32. The van der Waals surface area contributed by atoms with Crippen molar-refractivity contribution in [3.05, 3.63) is 58.7 Å². The van der Waals surface area contributed by atoms with E-state index in [1.165, 1.54) is 6.07 Å². The van der Waals surface area contributed by atoms with Gasteiger partial charge in [0.1, 0.15) is 11.6 Å². The van der Waals surface area contributed by atoms with E-state index in [2.05, 4.69) is 26.2 Å². The fourth-order valence-electron chi connectivity index (χ4n) is 2.05. The van der Waals surface area contributed by atoms with Gasteiger partial charge >= 0.3 is 0 Å². The highest BCUT2D eigenvalue weighted by molar-refractivity contribution is 9.10. The van der Waals surface area contributed by atoms with Crippen molar-refractivity contribution < 1.29 is 8.78 Å². The van der Waals surface area contributed by atoms with Gasteiger partial charge < -0.3 is 11.1 Å². The summed E-state index contributed by atoms with van der Waals surface area (Å²) in [6.45, 7) is 0. The number of pyridine rings is 1. The van der Waals surface area contributed by atoms with Crippen LogP contribution in [-0.4, -0.2) is 4.98 Å². The molecule has 0 saturated heterocycles. The Kier molecular flexibility index (Phi) is 3.47. The molecule has 3 N–H and O–H groups in total. The van der Waals surface area contributed by atoms with Crippen molar-refractivity contribution in [1.82, 2.24) is 4.98 Å². The number of aromatic nitrogens is 1. The van der Waals surface area contributed by atoms with E-state index in [0.29, 0.717) is 11.4 Å². The van der Waals surface area contributed by atoms with Gasteiger partial charge in [0.15, 0.2) is 0 Å². The maximum Gasteiger partial charge on any atom is 0.149 e. The van der Waals surface area contributed by atoms with Crippen LogP contribution in [0.5, 0.6) is 0 Å². The van der Waals surface area contributed by atoms with Crippen LogP contribution in [0.2, 0.25) is 0 Å². The fraction of sp³-hybridized carbons (Fsp3) is 0. The number of hydrogen-bond donors (Lipinski definition) is 2. The maximum absolute atomic E-state index is 13.8. The molecule has 0 bridgehead atoms. The molecule has 0 unspecified atom stereocenters. The molecule has 0 fully saturated rings. The van der Waals surface area contributed by atoms with Crippen molar-refractivity contribution in [2.45, 2.75) is 0 Å². The van der Waals surface area contributed by atoms with Crippen LogP contribution in [0, 0.1) is 11.6 Å². The molecule has 3 aromatic rings. The second kappa shape index (κ2) is 5.29. The van der Waals surface area contributed by atoms with Gasteiger partial charge in [0.25, 0.3) is 0 Å². The Balaban J connectivity index is 2.06. The number of nitrogen functional groups attached to an aromatic ring is 1. The number of nitrogens with zero attached hydrogens (tertiary/aromatic N) is 1. The topological polar surface area (TPSA) is 50.9 Å². The summed E-state index contributed by atoms with van der Waals surface area (Å²) in [5.41, 5.74) is 7.96. The second-order valence-corrected chi connectivity index (χ2v) is 5.32. The molecule has 21 heavy (non-hydrogen) atoms. The summed E-state index contributed by atoms with van der Waals surface area (Å²) < 4.78 is 27.2. The summed E-state index contributed by atoms with van der Waals surface area (Å²) in [6, 6.07) is 9.24. The molecule has 3 nitrogen and oxygen atoms in total. The minimum absolute atomic E-state index is 0.137. The van der Waals surface area contributed by atoms with Crippen LogP contribution in [0.3, 0.4) is 0 Å². The van der Waals surface area contributed by atoms with E-state index in [1.54, 1.807) is 24.4 Å². The minimum atomic E-state index is -0.693. The Hall–Kier alpha value is -2.21. The van der Waals surface area contributed by atoms with Crippen molar-refractivity contribution in [2.75, 3.05) is 11.1 Å². The van der Waals surface area contributed by atoms with Crippen LogP contribution in [0.25, 0.3) is 10.9 Å². The van der Waals surface area contributed by atoms with E-state index in [4.69, 9.17) is 5.73 Å². The number of fused-ring (bicyclic) bond motifs is 1. The zero-order chi connectivity index (χ0) is 15.0. The molecule has 0 amide bonds. The number of benzene rings is 2. The Bertz CT molecular complexity index is 837. The van der Waals surface area contributed by atoms with Gasteiger partial charge in [-0.3, -0.25) is 4.98 Å². The first-order valence-corrected chi connectivity index (χ1v) is 6.90. The standard InChI is InChI=1S/C15H10BrF2N3/c16-9-6-14(11(18)7-10(9)17)21-13-4-3-12-8(15(13)19)2-1-5-20-12/h1-7,21H,19H2. The molecule has 2 aromatic carbocycles. The predicted octanol–water partition coefficient (Wildman–Crippen LogP) is 4.60. The van der Waals surface area contributed by atoms with Crippen molar-refractivity contribution in [2.24, 2.45) is 0 Å². The third-order valence-electron chi connectivity index (χ3n) is 3.11. The number of anilines is 3. The average Bonchev–Trinajstić information content (AvgIpc) is 2.48. The lowest BCUT2D eigenvalue weighted by molar-refractivity contribution is 0.581. The van der Waals surface area contributed by atoms with E-state index >= 15 is 0 Å². The molecule has 0 atom stereocenters. The smallest absolute Gasteiger partial charge is 0.149 e. The number of halogens is 3. The summed E-state index contributed by atoms with van der Waals surface area (Å²) in [5, 5.41) is 3.64. The highest BCUT2D eigenvalue weighted by Gasteiger charge is 2.11. The van der Waals surface area contributed by atoms with E-state index in [-0.39, 0.29) is 10.2 Å². The van der Waals surface area contributed by atoms with Gasteiger partial charge in [-0.25, -0.2) is 8.78 Å². The maximum atomic E-state index is 13.8. The normalized spacial score (nSPS) is 10.8. The van der Waals surface area contributed by atoms with E-state index in [9.17, 15) is 8.78 Å². The molecule has 0 aliphatic heterocycles. The molecule has 0 spiro atoms. The summed E-state index contributed by atoms with van der Waals surface area (Å²) in [5.74, 6) is -1.35. The third kappa shape index (κ3) is 2.54. The number of hydrogen-bond acceptors (Lipinski definition) is 3. The van der Waals surface area contributed by atoms with Gasteiger partial charge in [0.05, 0.1) is 27.1 Å². The first-order chi connectivity index (χ1) is 10.1. The molecule has 3 rings (SSSR count). The van der Waals surface area contributed by atoms with Gasteiger partial charge in [-0.15, -0.1) is 0 Å². The Labute approximate surface area is 127 Å². The SMILES string of the molecule is Nc1c(Nc2cc(Br)c(F)cc2F)ccc2ncccc12.